The minimum atomic E-state index is 0.718. The smallest absolute Gasteiger partial charge is 0.134 e. The molecule has 0 unspecified atom stereocenters. The van der Waals surface area contributed by atoms with Gasteiger partial charge in [-0.3, -0.25) is 0 Å². The van der Waals surface area contributed by atoms with Crippen molar-refractivity contribution in [1.82, 2.24) is 4.98 Å². The summed E-state index contributed by atoms with van der Waals surface area (Å²) in [7, 11) is 3.27. The normalized spacial score (nSPS) is 14.1. The maximum Gasteiger partial charge on any atom is 0.134 e. The molecular formula is C19H20N2O2S. The van der Waals surface area contributed by atoms with Gasteiger partial charge in [-0.25, -0.2) is 4.98 Å². The van der Waals surface area contributed by atoms with Crippen LogP contribution in [0.5, 0.6) is 11.5 Å². The van der Waals surface area contributed by atoms with Crippen molar-refractivity contribution < 1.29 is 9.47 Å². The van der Waals surface area contributed by atoms with E-state index in [1.54, 1.807) is 14.2 Å². The lowest BCUT2D eigenvalue weighted by Gasteiger charge is -2.14. The lowest BCUT2D eigenvalue weighted by atomic mass is 9.91. The van der Waals surface area contributed by atoms with Crippen LogP contribution >= 0.6 is 11.3 Å². The maximum atomic E-state index is 9.60. The number of hydrogen-bond acceptors (Lipinski definition) is 5. The summed E-state index contributed by atoms with van der Waals surface area (Å²) in [5, 5.41) is 12.4. The number of hydrogen-bond donors (Lipinski definition) is 0. The van der Waals surface area contributed by atoms with E-state index in [0.29, 0.717) is 0 Å². The molecule has 0 N–H and O–H groups in total. The Morgan fingerprint density at radius 3 is 2.62 bits per heavy atom. The van der Waals surface area contributed by atoms with Gasteiger partial charge < -0.3 is 9.47 Å². The monoisotopic (exact) mass is 340 g/mol. The largest absolute Gasteiger partial charge is 0.497 e. The summed E-state index contributed by atoms with van der Waals surface area (Å²) < 4.78 is 10.7. The number of allylic oxidation sites excluding steroid dienone is 2. The average Bonchev–Trinajstić information content (AvgIpc) is 3.12. The zero-order chi connectivity index (χ0) is 16.9. The molecule has 3 rings (SSSR count). The lowest BCUT2D eigenvalue weighted by molar-refractivity contribution is 0.395. The Balaban J connectivity index is 1.97. The van der Waals surface area contributed by atoms with Gasteiger partial charge in [0.25, 0.3) is 0 Å². The average molecular weight is 340 g/mol. The molecular weight excluding hydrogens is 320 g/mol. The van der Waals surface area contributed by atoms with Gasteiger partial charge in [0.15, 0.2) is 0 Å². The first-order valence-electron chi connectivity index (χ1n) is 8.07. The first-order valence-corrected chi connectivity index (χ1v) is 8.95. The third-order valence-corrected chi connectivity index (χ3v) is 5.18. The van der Waals surface area contributed by atoms with Gasteiger partial charge >= 0.3 is 0 Å². The molecule has 5 heteroatoms. The molecule has 1 saturated carbocycles. The van der Waals surface area contributed by atoms with Gasteiger partial charge in [-0.1, -0.05) is 6.42 Å². The van der Waals surface area contributed by atoms with Crippen LogP contribution in [-0.4, -0.2) is 19.2 Å². The fourth-order valence-corrected chi connectivity index (χ4v) is 3.89. The van der Waals surface area contributed by atoms with Crippen molar-refractivity contribution in [1.29, 1.82) is 5.26 Å². The minimum Gasteiger partial charge on any atom is -0.497 e. The zero-order valence-electron chi connectivity index (χ0n) is 14.0. The van der Waals surface area contributed by atoms with Gasteiger partial charge in [0.2, 0.25) is 0 Å². The molecule has 4 nitrogen and oxygen atoms in total. The van der Waals surface area contributed by atoms with E-state index in [1.807, 2.05) is 23.6 Å². The van der Waals surface area contributed by atoms with Gasteiger partial charge in [-0.15, -0.1) is 11.3 Å². The molecule has 1 aromatic heterocycles. The fraction of sp³-hybridized carbons (Fsp3) is 0.368. The predicted octanol–water partition coefficient (Wildman–Crippen LogP) is 5.07. The summed E-state index contributed by atoms with van der Waals surface area (Å²) >= 11 is 1.52. The van der Waals surface area contributed by atoms with Gasteiger partial charge in [-0.05, 0) is 43.4 Å². The van der Waals surface area contributed by atoms with E-state index in [0.717, 1.165) is 46.2 Å². The number of rotatable bonds is 4. The summed E-state index contributed by atoms with van der Waals surface area (Å²) in [5.74, 6) is 1.46. The van der Waals surface area contributed by atoms with E-state index >= 15 is 0 Å². The number of methoxy groups -OCH3 is 2. The van der Waals surface area contributed by atoms with Crippen molar-refractivity contribution in [2.75, 3.05) is 14.2 Å². The van der Waals surface area contributed by atoms with Crippen LogP contribution < -0.4 is 9.47 Å². The number of nitrogens with zero attached hydrogens (tertiary/aromatic N) is 2. The quantitative estimate of drug-likeness (QED) is 0.729. The summed E-state index contributed by atoms with van der Waals surface area (Å²) in [4.78, 5) is 4.71. The number of aromatic nitrogens is 1. The Bertz CT molecular complexity index is 794. The van der Waals surface area contributed by atoms with Crippen LogP contribution in [0.15, 0.2) is 29.2 Å². The molecule has 0 spiro atoms. The van der Waals surface area contributed by atoms with E-state index in [2.05, 4.69) is 6.07 Å². The fourth-order valence-electron chi connectivity index (χ4n) is 3.03. The standard InChI is InChI=1S/C19H20N2O2S/c1-22-14-8-9-15(18(10-14)23-2)17-12-24-19(21-17)16(11-20)13-6-4-3-5-7-13/h8-10,12H,3-7H2,1-2H3. The Labute approximate surface area is 146 Å². The molecule has 1 fully saturated rings. The molecule has 0 atom stereocenters. The van der Waals surface area contributed by atoms with Gasteiger partial charge in [0.1, 0.15) is 22.6 Å². The van der Waals surface area contributed by atoms with Crippen molar-refractivity contribution in [3.8, 4) is 28.8 Å². The van der Waals surface area contributed by atoms with E-state index in [-0.39, 0.29) is 0 Å². The van der Waals surface area contributed by atoms with Crippen LogP contribution in [0, 0.1) is 11.3 Å². The van der Waals surface area contributed by atoms with E-state index in [1.165, 1.54) is 36.2 Å². The first-order chi connectivity index (χ1) is 11.8. The topological polar surface area (TPSA) is 55.1 Å². The molecule has 1 aromatic carbocycles. The second-order valence-electron chi connectivity index (χ2n) is 5.76. The van der Waals surface area contributed by atoms with Crippen molar-refractivity contribution in [3.05, 3.63) is 34.2 Å². The van der Waals surface area contributed by atoms with Crippen LogP contribution in [0.1, 0.15) is 37.1 Å². The predicted molar refractivity (Wildman–Crippen MR) is 96.3 cm³/mol. The second kappa shape index (κ2) is 7.50. The van der Waals surface area contributed by atoms with Crippen molar-refractivity contribution in [2.45, 2.75) is 32.1 Å². The molecule has 0 amide bonds. The van der Waals surface area contributed by atoms with Gasteiger partial charge in [0.05, 0.1) is 25.5 Å². The van der Waals surface area contributed by atoms with Crippen molar-refractivity contribution in [3.63, 3.8) is 0 Å². The summed E-state index contributed by atoms with van der Waals surface area (Å²) in [5.41, 5.74) is 3.76. The molecule has 0 aliphatic heterocycles. The van der Waals surface area contributed by atoms with Crippen LogP contribution in [0.4, 0.5) is 0 Å². The SMILES string of the molecule is COc1ccc(-c2csc(C(C#N)=C3CCCCC3)n2)c(OC)c1. The molecule has 2 aromatic rings. The van der Waals surface area contributed by atoms with E-state index < -0.39 is 0 Å². The van der Waals surface area contributed by atoms with Crippen molar-refractivity contribution in [2.24, 2.45) is 0 Å². The summed E-state index contributed by atoms with van der Waals surface area (Å²) in [6.45, 7) is 0. The van der Waals surface area contributed by atoms with Crippen LogP contribution in [0.2, 0.25) is 0 Å². The molecule has 124 valence electrons. The highest BCUT2D eigenvalue weighted by Crippen LogP contribution is 2.37. The molecule has 0 radical (unpaired) electrons. The number of ether oxygens (including phenoxy) is 2. The highest BCUT2D eigenvalue weighted by Gasteiger charge is 2.17. The van der Waals surface area contributed by atoms with Gasteiger partial charge in [-0.2, -0.15) is 5.26 Å². The Morgan fingerprint density at radius 2 is 1.96 bits per heavy atom. The minimum absolute atomic E-state index is 0.718. The Kier molecular flexibility index (Phi) is 5.17. The highest BCUT2D eigenvalue weighted by molar-refractivity contribution is 7.11. The summed E-state index contributed by atoms with van der Waals surface area (Å²) in [6.07, 6.45) is 5.64. The number of benzene rings is 1. The molecule has 24 heavy (non-hydrogen) atoms. The van der Waals surface area contributed by atoms with Crippen LogP contribution in [-0.2, 0) is 0 Å². The highest BCUT2D eigenvalue weighted by atomic mass is 32.1. The molecule has 1 heterocycles. The molecule has 0 bridgehead atoms. The second-order valence-corrected chi connectivity index (χ2v) is 6.61. The number of thiazole rings is 1. The van der Waals surface area contributed by atoms with E-state index in [4.69, 9.17) is 14.5 Å². The maximum absolute atomic E-state index is 9.60. The molecule has 1 aliphatic rings. The van der Waals surface area contributed by atoms with Crippen molar-refractivity contribution >= 4 is 16.9 Å². The molecule has 0 saturated heterocycles. The van der Waals surface area contributed by atoms with Gasteiger partial charge in [0, 0.05) is 17.0 Å². The zero-order valence-corrected chi connectivity index (χ0v) is 14.8. The van der Waals surface area contributed by atoms with Crippen LogP contribution in [0.25, 0.3) is 16.8 Å². The summed E-state index contributed by atoms with van der Waals surface area (Å²) in [6, 6.07) is 8.05. The molecule has 1 aliphatic carbocycles. The Hall–Kier alpha value is -2.32. The van der Waals surface area contributed by atoms with Crippen LogP contribution in [0.3, 0.4) is 0 Å². The third kappa shape index (κ3) is 3.29. The first kappa shape index (κ1) is 16.5. The lowest BCUT2D eigenvalue weighted by Crippen LogP contribution is -1.97. The van der Waals surface area contributed by atoms with E-state index in [9.17, 15) is 5.26 Å². The number of nitriles is 1. The Morgan fingerprint density at radius 1 is 1.17 bits per heavy atom. The third-order valence-electron chi connectivity index (χ3n) is 4.33.